The number of hydrogen-bond donors (Lipinski definition) is 0. The molecule has 0 rings (SSSR count). The van der Waals surface area contributed by atoms with Gasteiger partial charge in [0, 0.05) is 133 Å². The predicted molar refractivity (Wildman–Crippen MR) is 11.5 cm³/mol. The molecule has 0 aliphatic heterocycles. The van der Waals surface area contributed by atoms with Gasteiger partial charge < -0.3 is 0 Å². The van der Waals surface area contributed by atoms with Gasteiger partial charge in [-0.25, -0.2) is 0 Å². The van der Waals surface area contributed by atoms with Crippen LogP contribution in [0.1, 0.15) is 0 Å². The summed E-state index contributed by atoms with van der Waals surface area (Å²) < 4.78 is 0. The molecule has 0 heterocycles. The Morgan fingerprint density at radius 2 is 1.00 bits per heavy atom. The quantitative estimate of drug-likeness (QED) is 0.496. The summed E-state index contributed by atoms with van der Waals surface area (Å²) in [6.45, 7) is 0. The first-order chi connectivity index (χ1) is 0. The van der Waals surface area contributed by atoms with Crippen molar-refractivity contribution in [2.24, 2.45) is 0 Å². The first kappa shape index (κ1) is 35.7. The van der Waals surface area contributed by atoms with Crippen LogP contribution in [-0.4, -0.2) is 43.6 Å². The van der Waals surface area contributed by atoms with E-state index in [-0.39, 0.29) is 133 Å². The smallest absolute Gasteiger partial charge is 0 e. The third kappa shape index (κ3) is 18.0. The van der Waals surface area contributed by atoms with Gasteiger partial charge in [0.2, 0.25) is 0 Å². The summed E-state index contributed by atoms with van der Waals surface area (Å²) >= 11 is 0. The van der Waals surface area contributed by atoms with Gasteiger partial charge in [0.15, 0.2) is 0 Å². The Labute approximate surface area is 129 Å². The molecular weight excluding hydrogens is 364 g/mol. The average molecular weight is 364 g/mol. The Bertz CT molecular complexity index is 11.6. The van der Waals surface area contributed by atoms with E-state index < -0.39 is 0 Å². The van der Waals surface area contributed by atoms with Crippen molar-refractivity contribution in [1.29, 1.82) is 0 Å². The van der Waals surface area contributed by atoms with Crippen LogP contribution < -0.4 is 0 Å². The van der Waals surface area contributed by atoms with Crippen molar-refractivity contribution in [2.75, 3.05) is 0 Å². The van der Waals surface area contributed by atoms with E-state index in [2.05, 4.69) is 0 Å². The first-order valence-electron chi connectivity index (χ1n) is 0. The standard InChI is InChI=1S/Al.Ar.Bi.He.Kr. The van der Waals surface area contributed by atoms with Crippen LogP contribution in [0.15, 0.2) is 0 Å². The molecule has 0 aromatic rings. The van der Waals surface area contributed by atoms with Gasteiger partial charge in [-0.05, 0) is 0 Å². The third-order valence-electron chi connectivity index (χ3n) is 0. The van der Waals surface area contributed by atoms with Crippen LogP contribution in [0, 0.1) is 89.4 Å². The van der Waals surface area contributed by atoms with Crippen molar-refractivity contribution in [2.45, 2.75) is 0 Å². The normalized spacial score (nSPS) is 0. The molecule has 5 heavy (non-hydrogen) atoms. The average Bonchev–Trinajstić information content (AvgIpc) is 0. The Morgan fingerprint density at radius 3 is 1.00 bits per heavy atom. The SMILES string of the molecule is [Al].[Ar].[Bi].[He].[Kr]. The van der Waals surface area contributed by atoms with Gasteiger partial charge in [0.25, 0.3) is 0 Å². The zero-order valence-electron chi connectivity index (χ0n) is 2.44. The van der Waals surface area contributed by atoms with Gasteiger partial charge in [0.1, 0.15) is 0 Å². The zero-order chi connectivity index (χ0) is 0. The fourth-order valence-electron chi connectivity index (χ4n) is 0. The van der Waals surface area contributed by atoms with E-state index in [1.54, 1.807) is 0 Å². The van der Waals surface area contributed by atoms with Crippen molar-refractivity contribution in [3.63, 3.8) is 0 Å². The molecule has 0 spiro atoms. The van der Waals surface area contributed by atoms with E-state index >= 15 is 0 Å². The fraction of sp³-hybridized carbons (Fsp3) is 0. The topological polar surface area (TPSA) is 0 Å². The maximum absolute atomic E-state index is 0. The van der Waals surface area contributed by atoms with E-state index in [0.29, 0.717) is 0 Å². The molecule has 0 atom stereocenters. The number of rotatable bonds is 0. The molecule has 0 aromatic heterocycles. The van der Waals surface area contributed by atoms with Gasteiger partial charge in [-0.3, -0.25) is 0 Å². The second-order valence-corrected chi connectivity index (χ2v) is 0. The Morgan fingerprint density at radius 1 is 1.00 bits per heavy atom. The summed E-state index contributed by atoms with van der Waals surface area (Å²) in [5.41, 5.74) is 0. The largest absolute Gasteiger partial charge is 0 e. The van der Waals surface area contributed by atoms with Crippen molar-refractivity contribution in [1.82, 2.24) is 0 Å². The minimum absolute atomic E-state index is 0. The summed E-state index contributed by atoms with van der Waals surface area (Å²) in [5, 5.41) is 0. The molecule has 6 radical (unpaired) electrons. The second-order valence-electron chi connectivity index (χ2n) is 0. The van der Waals surface area contributed by atoms with Crippen molar-refractivity contribution in [3.05, 3.63) is 0 Å². The Kier molecular flexibility index (Phi) is 174. The van der Waals surface area contributed by atoms with Crippen LogP contribution in [-0.2, 0) is 0 Å². The van der Waals surface area contributed by atoms with Crippen LogP contribution >= 0.6 is 0 Å². The summed E-state index contributed by atoms with van der Waals surface area (Å²) in [5.74, 6) is 0. The molecule has 0 nitrogen and oxygen atoms in total. The molecule has 0 aliphatic rings. The molecule has 0 unspecified atom stereocenters. The minimum Gasteiger partial charge on any atom is 0 e. The maximum Gasteiger partial charge on any atom is 0 e. The molecule has 26 valence electrons. The molecule has 0 saturated carbocycles. The third-order valence-corrected chi connectivity index (χ3v) is 0. The van der Waals surface area contributed by atoms with Crippen molar-refractivity contribution < 1.29 is 89.4 Å². The van der Waals surface area contributed by atoms with Crippen LogP contribution in [0.25, 0.3) is 0 Å². The van der Waals surface area contributed by atoms with E-state index in [1.165, 1.54) is 0 Å². The zero-order valence-corrected chi connectivity index (χ0v) is 9.26. The summed E-state index contributed by atoms with van der Waals surface area (Å²) in [7, 11) is 0. The molecule has 0 aliphatic carbocycles. The number of hydrogen-bond acceptors (Lipinski definition) is 0. The molecular formula is AlArBiHeKr. The predicted octanol–water partition coefficient (Wildman–Crippen LogP) is -0.762. The summed E-state index contributed by atoms with van der Waals surface area (Å²) in [6, 6.07) is 0. The fourth-order valence-corrected chi connectivity index (χ4v) is 0. The van der Waals surface area contributed by atoms with Gasteiger partial charge in [-0.1, -0.05) is 0 Å². The Balaban J connectivity index is 0. The van der Waals surface area contributed by atoms with E-state index in [1.807, 2.05) is 0 Å². The van der Waals surface area contributed by atoms with E-state index in [9.17, 15) is 0 Å². The van der Waals surface area contributed by atoms with Crippen molar-refractivity contribution in [3.8, 4) is 0 Å². The maximum atomic E-state index is 0. The summed E-state index contributed by atoms with van der Waals surface area (Å²) in [4.78, 5) is 0. The molecule has 5 heteroatoms. The van der Waals surface area contributed by atoms with Gasteiger partial charge >= 0.3 is 0 Å². The Hall–Kier alpha value is 4.06. The monoisotopic (exact) mass is 364 g/mol. The molecule has 0 amide bonds. The van der Waals surface area contributed by atoms with Crippen LogP contribution in [0.4, 0.5) is 0 Å². The molecule has 0 aromatic carbocycles. The molecule has 0 N–H and O–H groups in total. The molecule has 0 fully saturated rings. The van der Waals surface area contributed by atoms with Gasteiger partial charge in [0.05, 0.1) is 0 Å². The van der Waals surface area contributed by atoms with Crippen LogP contribution in [0.5, 0.6) is 0 Å². The summed E-state index contributed by atoms with van der Waals surface area (Å²) in [6.07, 6.45) is 0. The van der Waals surface area contributed by atoms with Crippen LogP contribution in [0.3, 0.4) is 0 Å². The molecule has 0 bridgehead atoms. The molecule has 0 saturated heterocycles. The van der Waals surface area contributed by atoms with Gasteiger partial charge in [-0.15, -0.1) is 0 Å². The van der Waals surface area contributed by atoms with E-state index in [0.717, 1.165) is 0 Å². The minimum atomic E-state index is 0. The van der Waals surface area contributed by atoms with Crippen LogP contribution in [0.2, 0.25) is 0 Å². The second kappa shape index (κ2) is 24.4. The first-order valence-corrected chi connectivity index (χ1v) is 0. The van der Waals surface area contributed by atoms with Crippen molar-refractivity contribution >= 4 is 43.6 Å². The van der Waals surface area contributed by atoms with E-state index in [4.69, 9.17) is 0 Å². The van der Waals surface area contributed by atoms with Gasteiger partial charge in [-0.2, -0.15) is 0 Å².